The molecule has 0 radical (unpaired) electrons. The van der Waals surface area contributed by atoms with Gasteiger partial charge in [-0.25, -0.2) is 9.78 Å². The van der Waals surface area contributed by atoms with Crippen LogP contribution in [0.25, 0.3) is 0 Å². The van der Waals surface area contributed by atoms with Gasteiger partial charge in [0, 0.05) is 11.4 Å². The number of hydrogen-bond acceptors (Lipinski definition) is 6. The summed E-state index contributed by atoms with van der Waals surface area (Å²) in [7, 11) is 0. The number of ether oxygens (including phenoxy) is 1. The Morgan fingerprint density at radius 1 is 1.48 bits per heavy atom. The minimum atomic E-state index is -1.03. The Kier molecular flexibility index (Phi) is 4.89. The molecule has 0 bridgehead atoms. The van der Waals surface area contributed by atoms with E-state index in [2.05, 4.69) is 15.6 Å². The average molecular weight is 311 g/mol. The van der Waals surface area contributed by atoms with Gasteiger partial charge in [0.1, 0.15) is 0 Å². The number of urea groups is 1. The Morgan fingerprint density at radius 2 is 2.19 bits per heavy atom. The number of thiazole rings is 1. The summed E-state index contributed by atoms with van der Waals surface area (Å²) in [4.78, 5) is 38.9. The first-order valence-electron chi connectivity index (χ1n) is 6.66. The molecule has 2 rings (SSSR count). The van der Waals surface area contributed by atoms with Crippen LogP contribution in [0.1, 0.15) is 30.5 Å². The number of rotatable bonds is 5. The van der Waals surface area contributed by atoms with E-state index in [0.717, 1.165) is 17.8 Å². The lowest BCUT2D eigenvalue weighted by molar-refractivity contribution is -0.153. The summed E-state index contributed by atoms with van der Waals surface area (Å²) >= 11 is 1.44. The fraction of sp³-hybridized carbons (Fsp3) is 0.538. The van der Waals surface area contributed by atoms with E-state index in [4.69, 9.17) is 4.74 Å². The molecule has 1 aliphatic carbocycles. The topological polar surface area (TPSA) is 97.4 Å². The van der Waals surface area contributed by atoms with Crippen LogP contribution in [0.3, 0.4) is 0 Å². The number of esters is 1. The summed E-state index contributed by atoms with van der Waals surface area (Å²) in [6, 6.07) is -0.399. The first-order valence-corrected chi connectivity index (χ1v) is 7.54. The zero-order chi connectivity index (χ0) is 15.4. The summed E-state index contributed by atoms with van der Waals surface area (Å²) in [6.07, 6.45) is 0.844. The van der Waals surface area contributed by atoms with Gasteiger partial charge in [0.05, 0.1) is 17.1 Å². The van der Waals surface area contributed by atoms with Gasteiger partial charge in [-0.3, -0.25) is 14.9 Å². The Bertz CT molecular complexity index is 553. The van der Waals surface area contributed by atoms with Crippen molar-refractivity contribution in [2.45, 2.75) is 45.3 Å². The van der Waals surface area contributed by atoms with Crippen LogP contribution < -0.4 is 10.6 Å². The number of imide groups is 1. The fourth-order valence-corrected chi connectivity index (χ4v) is 2.20. The molecule has 1 atom stereocenters. The van der Waals surface area contributed by atoms with Crippen LogP contribution in [0.4, 0.5) is 4.79 Å². The molecule has 0 aliphatic heterocycles. The molecule has 1 aliphatic rings. The van der Waals surface area contributed by atoms with E-state index in [1.807, 2.05) is 6.92 Å². The largest absolute Gasteiger partial charge is 0.452 e. The molecule has 1 aromatic rings. The van der Waals surface area contributed by atoms with Gasteiger partial charge in [-0.05, 0) is 26.7 Å². The van der Waals surface area contributed by atoms with Gasteiger partial charge >= 0.3 is 12.0 Å². The maximum atomic E-state index is 11.7. The number of hydrogen-bond donors (Lipinski definition) is 2. The number of aryl methyl sites for hydroxylation is 1. The highest BCUT2D eigenvalue weighted by atomic mass is 32.1. The van der Waals surface area contributed by atoms with Gasteiger partial charge in [-0.1, -0.05) is 0 Å². The Balaban J connectivity index is 1.73. The first-order chi connectivity index (χ1) is 9.94. The predicted molar refractivity (Wildman–Crippen MR) is 75.8 cm³/mol. The number of carbonyl (C=O) groups excluding carboxylic acids is 3. The van der Waals surface area contributed by atoms with Crippen molar-refractivity contribution >= 4 is 29.2 Å². The van der Waals surface area contributed by atoms with Gasteiger partial charge in [-0.2, -0.15) is 0 Å². The second-order valence-electron chi connectivity index (χ2n) is 4.90. The molecule has 0 aromatic carbocycles. The van der Waals surface area contributed by atoms with Crippen LogP contribution in [0, 0.1) is 6.92 Å². The normalized spacial score (nSPS) is 15.1. The van der Waals surface area contributed by atoms with Gasteiger partial charge in [0.25, 0.3) is 5.91 Å². The molecule has 7 nitrogen and oxygen atoms in total. The Morgan fingerprint density at radius 3 is 2.76 bits per heavy atom. The highest BCUT2D eigenvalue weighted by Crippen LogP contribution is 2.18. The van der Waals surface area contributed by atoms with E-state index in [1.165, 1.54) is 18.3 Å². The standard InChI is InChI=1S/C13H17N3O4S/c1-7(12(18)16-13(19)15-9-3-4-9)20-11(17)5-10-6-21-8(2)14-10/h6-7,9H,3-5H2,1-2H3,(H2,15,16,18,19). The van der Waals surface area contributed by atoms with Crippen molar-refractivity contribution in [3.63, 3.8) is 0 Å². The SMILES string of the molecule is Cc1nc(CC(=O)OC(C)C(=O)NC(=O)NC2CC2)cs1. The van der Waals surface area contributed by atoms with Gasteiger partial charge < -0.3 is 10.1 Å². The molecule has 0 spiro atoms. The van der Waals surface area contributed by atoms with Crippen LogP contribution in [0.2, 0.25) is 0 Å². The Hall–Kier alpha value is -1.96. The number of amides is 3. The van der Waals surface area contributed by atoms with Crippen LogP contribution in [0.5, 0.6) is 0 Å². The fourth-order valence-electron chi connectivity index (χ4n) is 1.59. The van der Waals surface area contributed by atoms with E-state index in [0.29, 0.717) is 5.69 Å². The monoisotopic (exact) mass is 311 g/mol. The van der Waals surface area contributed by atoms with Crippen LogP contribution in [-0.2, 0) is 20.7 Å². The maximum Gasteiger partial charge on any atom is 0.321 e. The van der Waals surface area contributed by atoms with Crippen LogP contribution >= 0.6 is 11.3 Å². The second kappa shape index (κ2) is 6.66. The summed E-state index contributed by atoms with van der Waals surface area (Å²) in [5, 5.41) is 7.39. The molecule has 3 amide bonds. The molecule has 1 aromatic heterocycles. The molecule has 114 valence electrons. The van der Waals surface area contributed by atoms with Crippen molar-refractivity contribution < 1.29 is 19.1 Å². The van der Waals surface area contributed by atoms with E-state index < -0.39 is 24.0 Å². The lowest BCUT2D eigenvalue weighted by atomic mass is 10.3. The van der Waals surface area contributed by atoms with Gasteiger partial charge in [0.2, 0.25) is 0 Å². The highest BCUT2D eigenvalue weighted by Gasteiger charge is 2.26. The van der Waals surface area contributed by atoms with Crippen LogP contribution in [-0.4, -0.2) is 35.0 Å². The Labute approximate surface area is 126 Å². The molecule has 21 heavy (non-hydrogen) atoms. The summed E-state index contributed by atoms with van der Waals surface area (Å²) in [5.41, 5.74) is 0.613. The van der Waals surface area contributed by atoms with Crippen molar-refractivity contribution in [1.29, 1.82) is 0 Å². The second-order valence-corrected chi connectivity index (χ2v) is 5.97. The third-order valence-electron chi connectivity index (χ3n) is 2.82. The number of nitrogens with one attached hydrogen (secondary N) is 2. The zero-order valence-corrected chi connectivity index (χ0v) is 12.7. The van der Waals surface area contributed by atoms with Crippen molar-refractivity contribution in [1.82, 2.24) is 15.6 Å². The molecule has 1 saturated carbocycles. The summed E-state index contributed by atoms with van der Waals surface area (Å²) in [5.74, 6) is -1.19. The van der Waals surface area contributed by atoms with Crippen molar-refractivity contribution in [2.75, 3.05) is 0 Å². The van der Waals surface area contributed by atoms with Gasteiger partial charge in [-0.15, -0.1) is 11.3 Å². The minimum absolute atomic E-state index is 0.0101. The van der Waals surface area contributed by atoms with Gasteiger partial charge in [0.15, 0.2) is 6.10 Å². The van der Waals surface area contributed by atoms with Crippen molar-refractivity contribution in [3.8, 4) is 0 Å². The molecular formula is C13H17N3O4S. The third-order valence-corrected chi connectivity index (χ3v) is 3.64. The first kappa shape index (κ1) is 15.4. The molecule has 8 heteroatoms. The minimum Gasteiger partial charge on any atom is -0.452 e. The number of aromatic nitrogens is 1. The molecule has 1 heterocycles. The summed E-state index contributed by atoms with van der Waals surface area (Å²) < 4.78 is 4.98. The summed E-state index contributed by atoms with van der Waals surface area (Å²) in [6.45, 7) is 3.26. The van der Waals surface area contributed by atoms with E-state index in [-0.39, 0.29) is 12.5 Å². The average Bonchev–Trinajstić information content (AvgIpc) is 3.10. The quantitative estimate of drug-likeness (QED) is 0.788. The molecule has 0 saturated heterocycles. The maximum absolute atomic E-state index is 11.7. The lowest BCUT2D eigenvalue weighted by Gasteiger charge is -2.12. The lowest BCUT2D eigenvalue weighted by Crippen LogP contribution is -2.45. The smallest absolute Gasteiger partial charge is 0.321 e. The predicted octanol–water partition coefficient (Wildman–Crippen LogP) is 0.914. The van der Waals surface area contributed by atoms with E-state index in [9.17, 15) is 14.4 Å². The van der Waals surface area contributed by atoms with E-state index in [1.54, 1.807) is 5.38 Å². The molecule has 1 unspecified atom stereocenters. The molecule has 2 N–H and O–H groups in total. The zero-order valence-electron chi connectivity index (χ0n) is 11.8. The van der Waals surface area contributed by atoms with Crippen molar-refractivity contribution in [3.05, 3.63) is 16.1 Å². The van der Waals surface area contributed by atoms with Crippen LogP contribution in [0.15, 0.2) is 5.38 Å². The number of nitrogens with zero attached hydrogens (tertiary/aromatic N) is 1. The molecular weight excluding hydrogens is 294 g/mol. The molecule has 1 fully saturated rings. The highest BCUT2D eigenvalue weighted by molar-refractivity contribution is 7.09. The van der Waals surface area contributed by atoms with E-state index >= 15 is 0 Å². The number of carbonyl (C=O) groups is 3. The van der Waals surface area contributed by atoms with Crippen molar-refractivity contribution in [2.24, 2.45) is 0 Å². The third kappa shape index (κ3) is 5.14.